The summed E-state index contributed by atoms with van der Waals surface area (Å²) in [5, 5.41) is 12.9. The van der Waals surface area contributed by atoms with Gasteiger partial charge >= 0.3 is 29.8 Å². The summed E-state index contributed by atoms with van der Waals surface area (Å²) in [7, 11) is 4.82. The van der Waals surface area contributed by atoms with Gasteiger partial charge in [-0.2, -0.15) is 0 Å². The Kier molecular flexibility index (Phi) is 11.9. The summed E-state index contributed by atoms with van der Waals surface area (Å²) < 4.78 is 24.7. The predicted molar refractivity (Wildman–Crippen MR) is 146 cm³/mol. The molecule has 0 saturated carbocycles. The topological polar surface area (TPSA) is 196 Å². The molecule has 0 saturated heterocycles. The lowest BCUT2D eigenvalue weighted by Crippen LogP contribution is -2.25. The largest absolute Gasteiger partial charge is 0.469 e. The molecule has 0 amide bonds. The first kappa shape index (κ1) is 33.6. The molecule has 0 fully saturated rings. The normalized spacial score (nSPS) is 11.5. The van der Waals surface area contributed by atoms with E-state index in [4.69, 9.17) is 23.7 Å². The van der Waals surface area contributed by atoms with Crippen molar-refractivity contribution in [2.24, 2.45) is 5.16 Å². The molecule has 0 bridgehead atoms. The summed E-state index contributed by atoms with van der Waals surface area (Å²) in [4.78, 5) is 68.1. The first-order valence-corrected chi connectivity index (χ1v) is 13.0. The van der Waals surface area contributed by atoms with Gasteiger partial charge in [0.15, 0.2) is 5.71 Å². The van der Waals surface area contributed by atoms with Crippen molar-refractivity contribution < 1.29 is 52.9 Å². The Bertz CT molecular complexity index is 1350. The van der Waals surface area contributed by atoms with Crippen molar-refractivity contribution in [1.29, 1.82) is 0 Å². The summed E-state index contributed by atoms with van der Waals surface area (Å²) in [6.45, 7) is 5.07. The molecule has 230 valence electrons. The van der Waals surface area contributed by atoms with E-state index in [-0.39, 0.29) is 55.3 Å². The minimum absolute atomic E-state index is 0.00627. The monoisotopic (exact) mass is 591 g/mol. The van der Waals surface area contributed by atoms with E-state index in [0.717, 1.165) is 7.11 Å². The van der Waals surface area contributed by atoms with Crippen LogP contribution in [0.4, 0.5) is 0 Å². The molecule has 2 heterocycles. The van der Waals surface area contributed by atoms with Crippen molar-refractivity contribution in [2.45, 2.75) is 64.9 Å². The van der Waals surface area contributed by atoms with Gasteiger partial charge in [-0.3, -0.25) is 14.4 Å². The van der Waals surface area contributed by atoms with Gasteiger partial charge in [-0.1, -0.05) is 5.16 Å². The van der Waals surface area contributed by atoms with Crippen LogP contribution in [0, 0.1) is 0 Å². The van der Waals surface area contributed by atoms with Crippen LogP contribution in [0.5, 0.6) is 0 Å². The maximum Gasteiger partial charge on any atom is 0.360 e. The number of hydrogen-bond acceptors (Lipinski definition) is 12. The lowest BCUT2D eigenvalue weighted by atomic mass is 9.96. The standard InChI is InChI=1S/C28H37N3O11/c1-28(2,3)42-27(36)24-17(12-22(34)40-6)16(9-11-21(33)39-5)18(30-24)13-19-23(25(31-37)26(35)41-7)15(14-29-19)8-10-20(32)38-4/h14,29-30,37H,8-13H2,1-7H3/b31-25-. The number of nitrogens with one attached hydrogen (secondary N) is 2. The number of aromatic amines is 2. The smallest absolute Gasteiger partial charge is 0.360 e. The van der Waals surface area contributed by atoms with Crippen LogP contribution in [-0.2, 0) is 68.5 Å². The second-order valence-corrected chi connectivity index (χ2v) is 10.1. The van der Waals surface area contributed by atoms with Crippen LogP contribution in [0.15, 0.2) is 11.4 Å². The van der Waals surface area contributed by atoms with E-state index in [2.05, 4.69) is 15.1 Å². The summed E-state index contributed by atoms with van der Waals surface area (Å²) in [6, 6.07) is 0. The van der Waals surface area contributed by atoms with Crippen LogP contribution in [0.2, 0.25) is 0 Å². The number of aryl methyl sites for hydroxylation is 1. The summed E-state index contributed by atoms with van der Waals surface area (Å²) in [5.74, 6) is -3.31. The maximum absolute atomic E-state index is 13.2. The molecule has 0 aliphatic heterocycles. The number of carbonyl (C=O) groups excluding carboxylic acids is 5. The van der Waals surface area contributed by atoms with Crippen molar-refractivity contribution in [3.05, 3.63) is 45.5 Å². The molecule has 14 heteroatoms. The Labute approximate surface area is 242 Å². The highest BCUT2D eigenvalue weighted by molar-refractivity contribution is 6.43. The fourth-order valence-corrected chi connectivity index (χ4v) is 4.28. The average Bonchev–Trinajstić information content (AvgIpc) is 3.50. The zero-order valence-corrected chi connectivity index (χ0v) is 24.8. The van der Waals surface area contributed by atoms with Crippen LogP contribution in [0.1, 0.15) is 77.7 Å². The third-order valence-electron chi connectivity index (χ3n) is 6.20. The van der Waals surface area contributed by atoms with E-state index in [1.807, 2.05) is 0 Å². The molecule has 14 nitrogen and oxygen atoms in total. The molecule has 0 radical (unpaired) electrons. The summed E-state index contributed by atoms with van der Waals surface area (Å²) in [5.41, 5.74) is 0.852. The number of esters is 5. The van der Waals surface area contributed by atoms with E-state index in [1.54, 1.807) is 27.0 Å². The van der Waals surface area contributed by atoms with Crippen LogP contribution in [0.25, 0.3) is 0 Å². The number of methoxy groups -OCH3 is 4. The minimum Gasteiger partial charge on any atom is -0.469 e. The highest BCUT2D eigenvalue weighted by atomic mass is 16.6. The van der Waals surface area contributed by atoms with E-state index in [9.17, 15) is 29.2 Å². The number of hydrogen-bond donors (Lipinski definition) is 3. The molecular formula is C28H37N3O11. The van der Waals surface area contributed by atoms with Gasteiger partial charge in [0.25, 0.3) is 0 Å². The van der Waals surface area contributed by atoms with Crippen LogP contribution >= 0.6 is 0 Å². The molecule has 0 aliphatic carbocycles. The molecule has 0 spiro atoms. The number of oxime groups is 1. The number of H-pyrrole nitrogens is 2. The van der Waals surface area contributed by atoms with Gasteiger partial charge in [0.1, 0.15) is 11.3 Å². The molecule has 0 aliphatic rings. The van der Waals surface area contributed by atoms with Crippen LogP contribution < -0.4 is 0 Å². The van der Waals surface area contributed by atoms with Gasteiger partial charge in [0, 0.05) is 42.4 Å². The van der Waals surface area contributed by atoms with Crippen molar-refractivity contribution in [2.75, 3.05) is 28.4 Å². The average molecular weight is 592 g/mol. The maximum atomic E-state index is 13.2. The lowest BCUT2D eigenvalue weighted by Gasteiger charge is -2.19. The molecule has 2 rings (SSSR count). The lowest BCUT2D eigenvalue weighted by molar-refractivity contribution is -0.141. The zero-order chi connectivity index (χ0) is 31.6. The third kappa shape index (κ3) is 8.69. The Hall–Kier alpha value is -4.62. The van der Waals surface area contributed by atoms with E-state index in [0.29, 0.717) is 22.5 Å². The molecule has 42 heavy (non-hydrogen) atoms. The molecule has 3 N–H and O–H groups in total. The van der Waals surface area contributed by atoms with Crippen molar-refractivity contribution in [3.8, 4) is 0 Å². The van der Waals surface area contributed by atoms with Crippen LogP contribution in [-0.4, -0.2) is 84.8 Å². The highest BCUT2D eigenvalue weighted by Gasteiger charge is 2.30. The SMILES string of the molecule is COC(=O)CCc1c[nH]c(Cc2[nH]c(C(=O)OC(C)(C)C)c(CC(=O)OC)c2CCC(=O)OC)c1/C(=N/O)C(=O)OC. The molecule has 2 aromatic heterocycles. The van der Waals surface area contributed by atoms with Gasteiger partial charge in [-0.15, -0.1) is 0 Å². The minimum atomic E-state index is -0.934. The molecular weight excluding hydrogens is 554 g/mol. The molecule has 0 atom stereocenters. The second-order valence-electron chi connectivity index (χ2n) is 10.1. The number of nitrogens with zero attached hydrogens (tertiary/aromatic N) is 1. The van der Waals surface area contributed by atoms with Gasteiger partial charge in [0.05, 0.1) is 34.9 Å². The number of ether oxygens (including phenoxy) is 5. The second kappa shape index (κ2) is 14.8. The van der Waals surface area contributed by atoms with Crippen LogP contribution in [0.3, 0.4) is 0 Å². The number of rotatable bonds is 13. The fraction of sp³-hybridized carbons (Fsp3) is 0.500. The Morgan fingerprint density at radius 2 is 1.43 bits per heavy atom. The Morgan fingerprint density at radius 1 is 0.833 bits per heavy atom. The highest BCUT2D eigenvalue weighted by Crippen LogP contribution is 2.29. The predicted octanol–water partition coefficient (Wildman–Crippen LogP) is 2.17. The number of carbonyl (C=O) groups is 5. The van der Waals surface area contributed by atoms with Gasteiger partial charge in [-0.05, 0) is 50.3 Å². The number of aromatic nitrogens is 2. The van der Waals surface area contributed by atoms with Crippen molar-refractivity contribution >= 4 is 35.6 Å². The molecule has 0 unspecified atom stereocenters. The van der Waals surface area contributed by atoms with E-state index >= 15 is 0 Å². The summed E-state index contributed by atoms with van der Waals surface area (Å²) in [6.07, 6.45) is 1.34. The Morgan fingerprint density at radius 3 is 1.95 bits per heavy atom. The zero-order valence-electron chi connectivity index (χ0n) is 24.8. The first-order valence-electron chi connectivity index (χ1n) is 13.0. The fourth-order valence-electron chi connectivity index (χ4n) is 4.28. The summed E-state index contributed by atoms with van der Waals surface area (Å²) >= 11 is 0. The van der Waals surface area contributed by atoms with Crippen molar-refractivity contribution in [1.82, 2.24) is 9.97 Å². The van der Waals surface area contributed by atoms with Gasteiger partial charge in [-0.25, -0.2) is 9.59 Å². The van der Waals surface area contributed by atoms with Gasteiger partial charge in [0.2, 0.25) is 0 Å². The molecule has 0 aromatic carbocycles. The van der Waals surface area contributed by atoms with Gasteiger partial charge < -0.3 is 38.9 Å². The van der Waals surface area contributed by atoms with E-state index < -0.39 is 41.2 Å². The van der Waals surface area contributed by atoms with Crippen molar-refractivity contribution in [3.63, 3.8) is 0 Å². The first-order chi connectivity index (χ1) is 19.8. The van der Waals surface area contributed by atoms with E-state index in [1.165, 1.54) is 21.3 Å². The third-order valence-corrected chi connectivity index (χ3v) is 6.20. The quantitative estimate of drug-likeness (QED) is 0.101. The molecule has 2 aromatic rings. The Balaban J connectivity index is 2.75.